The highest BCUT2D eigenvalue weighted by Gasteiger charge is 2.21. The van der Waals surface area contributed by atoms with Crippen LogP contribution < -0.4 is 0 Å². The molecule has 57 heavy (non-hydrogen) atoms. The molecule has 0 bridgehead atoms. The predicted octanol–water partition coefficient (Wildman–Crippen LogP) is 12.5. The second kappa shape index (κ2) is 12.3. The van der Waals surface area contributed by atoms with Gasteiger partial charge in [-0.1, -0.05) is 140 Å². The van der Waals surface area contributed by atoms with E-state index in [4.69, 9.17) is 24.9 Å². The molecule has 12 rings (SSSR count). The summed E-state index contributed by atoms with van der Waals surface area (Å²) in [6.07, 6.45) is 1.84. The van der Waals surface area contributed by atoms with Crippen molar-refractivity contribution in [2.24, 2.45) is 0 Å². The molecule has 12 aromatic rings. The standard InChI is InChI=1S/C51H30N6/c1-3-12-33(13-4-1)49-54-50(34-14-5-2-6-15-34)56-51(55-49)57-45-26-24-35(44-25-23-32-22-21-31-16-11-27-52-47(31)48(32)53-44)28-42(45)43-29-40-38-19-9-7-17-36(38)37-18-8-10-20-39(37)41(40)30-46(43)57/h1-30H. The molecule has 0 amide bonds. The molecule has 0 unspecified atom stereocenters. The Labute approximate surface area is 326 Å². The maximum Gasteiger partial charge on any atom is 0.238 e. The van der Waals surface area contributed by atoms with Crippen molar-refractivity contribution in [2.45, 2.75) is 0 Å². The molecule has 0 radical (unpaired) electrons. The summed E-state index contributed by atoms with van der Waals surface area (Å²) in [5, 5.41) is 11.6. The first-order chi connectivity index (χ1) is 28.2. The summed E-state index contributed by atoms with van der Waals surface area (Å²) in [5.41, 5.74) is 7.56. The number of hydrogen-bond acceptors (Lipinski definition) is 5. The van der Waals surface area contributed by atoms with Gasteiger partial charge in [-0.05, 0) is 68.7 Å². The lowest BCUT2D eigenvalue weighted by atomic mass is 9.93. The smallest absolute Gasteiger partial charge is 0.238 e. The van der Waals surface area contributed by atoms with Crippen LogP contribution in [0.15, 0.2) is 182 Å². The third-order valence-electron chi connectivity index (χ3n) is 11.2. The van der Waals surface area contributed by atoms with Gasteiger partial charge in [0, 0.05) is 44.4 Å². The Morgan fingerprint density at radius 1 is 0.333 bits per heavy atom. The maximum absolute atomic E-state index is 5.24. The van der Waals surface area contributed by atoms with Crippen LogP contribution in [0, 0.1) is 0 Å². The first kappa shape index (κ1) is 31.5. The van der Waals surface area contributed by atoms with Gasteiger partial charge in [0.25, 0.3) is 0 Å². The quantitative estimate of drug-likeness (QED) is 0.169. The van der Waals surface area contributed by atoms with E-state index in [0.717, 1.165) is 66.0 Å². The van der Waals surface area contributed by atoms with Crippen LogP contribution in [0.25, 0.3) is 116 Å². The molecule has 4 heterocycles. The zero-order valence-corrected chi connectivity index (χ0v) is 30.5. The molecular weight excluding hydrogens is 697 g/mol. The van der Waals surface area contributed by atoms with Crippen molar-refractivity contribution in [3.8, 4) is 40.0 Å². The van der Waals surface area contributed by atoms with Gasteiger partial charge >= 0.3 is 0 Å². The SMILES string of the molecule is c1ccc(-c2nc(-c3ccccc3)nc(-n3c4ccc(-c5ccc6ccc7cccnc7c6n5)cc4c4cc5c6ccccc6c6ccccc6c5cc43)n2)cc1. The van der Waals surface area contributed by atoms with Gasteiger partial charge in [0.2, 0.25) is 5.95 Å². The topological polar surface area (TPSA) is 69.4 Å². The van der Waals surface area contributed by atoms with E-state index in [1.54, 1.807) is 0 Å². The Hall–Kier alpha value is -7.83. The van der Waals surface area contributed by atoms with Crippen molar-refractivity contribution < 1.29 is 0 Å². The monoisotopic (exact) mass is 726 g/mol. The van der Waals surface area contributed by atoms with E-state index in [0.29, 0.717) is 17.6 Å². The lowest BCUT2D eigenvalue weighted by molar-refractivity contribution is 0.954. The highest BCUT2D eigenvalue weighted by molar-refractivity contribution is 6.29. The molecule has 0 saturated heterocycles. The number of aromatic nitrogens is 6. The fourth-order valence-corrected chi connectivity index (χ4v) is 8.57. The van der Waals surface area contributed by atoms with Gasteiger partial charge in [-0.2, -0.15) is 9.97 Å². The van der Waals surface area contributed by atoms with Gasteiger partial charge in [0.15, 0.2) is 11.6 Å². The van der Waals surface area contributed by atoms with Crippen LogP contribution in [0.4, 0.5) is 0 Å². The molecule has 8 aromatic carbocycles. The van der Waals surface area contributed by atoms with E-state index >= 15 is 0 Å². The Morgan fingerprint density at radius 3 is 1.56 bits per heavy atom. The summed E-state index contributed by atoms with van der Waals surface area (Å²) in [5.74, 6) is 1.79. The molecule has 0 aliphatic heterocycles. The number of fused-ring (bicyclic) bond motifs is 12. The second-order valence-corrected chi connectivity index (χ2v) is 14.5. The van der Waals surface area contributed by atoms with Crippen molar-refractivity contribution in [2.75, 3.05) is 0 Å². The zero-order valence-electron chi connectivity index (χ0n) is 30.5. The van der Waals surface area contributed by atoms with E-state index in [-0.39, 0.29) is 0 Å². The fraction of sp³-hybridized carbons (Fsp3) is 0. The first-order valence-electron chi connectivity index (χ1n) is 19.1. The molecular formula is C51H30N6. The van der Waals surface area contributed by atoms with Gasteiger partial charge < -0.3 is 0 Å². The summed E-state index contributed by atoms with van der Waals surface area (Å²) in [6.45, 7) is 0. The highest BCUT2D eigenvalue weighted by Crippen LogP contribution is 2.42. The van der Waals surface area contributed by atoms with Gasteiger partial charge in [-0.25, -0.2) is 9.97 Å². The van der Waals surface area contributed by atoms with Gasteiger partial charge in [-0.15, -0.1) is 0 Å². The van der Waals surface area contributed by atoms with E-state index < -0.39 is 0 Å². The summed E-state index contributed by atoms with van der Waals surface area (Å²) in [6, 6.07) is 61.6. The van der Waals surface area contributed by atoms with Crippen molar-refractivity contribution in [3.63, 3.8) is 0 Å². The number of nitrogens with zero attached hydrogens (tertiary/aromatic N) is 6. The van der Waals surface area contributed by atoms with Crippen molar-refractivity contribution in [1.82, 2.24) is 29.5 Å². The van der Waals surface area contributed by atoms with Crippen LogP contribution in [-0.2, 0) is 0 Å². The number of pyridine rings is 2. The van der Waals surface area contributed by atoms with Crippen molar-refractivity contribution in [1.29, 1.82) is 0 Å². The van der Waals surface area contributed by atoms with E-state index in [9.17, 15) is 0 Å². The van der Waals surface area contributed by atoms with Crippen LogP contribution in [0.1, 0.15) is 0 Å². The molecule has 6 nitrogen and oxygen atoms in total. The molecule has 0 spiro atoms. The minimum Gasteiger partial charge on any atom is -0.278 e. The Kier molecular flexibility index (Phi) is 6.83. The third-order valence-corrected chi connectivity index (χ3v) is 11.2. The van der Waals surface area contributed by atoms with Crippen LogP contribution in [0.5, 0.6) is 0 Å². The second-order valence-electron chi connectivity index (χ2n) is 14.5. The minimum atomic E-state index is 0.557. The maximum atomic E-state index is 5.24. The molecule has 4 aromatic heterocycles. The molecule has 0 aliphatic carbocycles. The molecule has 264 valence electrons. The van der Waals surface area contributed by atoms with Crippen LogP contribution in [-0.4, -0.2) is 29.5 Å². The van der Waals surface area contributed by atoms with Crippen LogP contribution >= 0.6 is 0 Å². The van der Waals surface area contributed by atoms with Gasteiger partial charge in [0.1, 0.15) is 0 Å². The lowest BCUT2D eigenvalue weighted by Gasteiger charge is -2.13. The minimum absolute atomic E-state index is 0.557. The highest BCUT2D eigenvalue weighted by atomic mass is 15.2. The zero-order chi connectivity index (χ0) is 37.5. The first-order valence-corrected chi connectivity index (χ1v) is 19.1. The molecule has 6 heteroatoms. The Balaban J connectivity index is 1.19. The fourth-order valence-electron chi connectivity index (χ4n) is 8.57. The molecule has 0 atom stereocenters. The van der Waals surface area contributed by atoms with Gasteiger partial charge in [-0.3, -0.25) is 9.55 Å². The molecule has 0 aliphatic rings. The number of hydrogen-bond donors (Lipinski definition) is 0. The van der Waals surface area contributed by atoms with E-state index in [1.165, 1.54) is 32.3 Å². The third kappa shape index (κ3) is 4.94. The Morgan fingerprint density at radius 2 is 0.895 bits per heavy atom. The number of rotatable bonds is 4. The summed E-state index contributed by atoms with van der Waals surface area (Å²) < 4.78 is 2.21. The largest absolute Gasteiger partial charge is 0.278 e. The van der Waals surface area contributed by atoms with E-state index in [2.05, 4.69) is 114 Å². The molecule has 0 N–H and O–H groups in total. The number of benzene rings is 8. The lowest BCUT2D eigenvalue weighted by Crippen LogP contribution is -2.06. The van der Waals surface area contributed by atoms with E-state index in [1.807, 2.05) is 72.9 Å². The van der Waals surface area contributed by atoms with Crippen molar-refractivity contribution in [3.05, 3.63) is 182 Å². The molecule has 0 fully saturated rings. The van der Waals surface area contributed by atoms with Crippen molar-refractivity contribution >= 4 is 75.9 Å². The molecule has 0 saturated carbocycles. The normalized spacial score (nSPS) is 11.9. The summed E-state index contributed by atoms with van der Waals surface area (Å²) in [7, 11) is 0. The average molecular weight is 727 g/mol. The Bertz CT molecular complexity index is 3520. The average Bonchev–Trinajstić information content (AvgIpc) is 3.61. The summed E-state index contributed by atoms with van der Waals surface area (Å²) in [4.78, 5) is 25.4. The predicted molar refractivity (Wildman–Crippen MR) is 234 cm³/mol. The van der Waals surface area contributed by atoms with Crippen LogP contribution in [0.2, 0.25) is 0 Å². The summed E-state index contributed by atoms with van der Waals surface area (Å²) >= 11 is 0. The van der Waals surface area contributed by atoms with Crippen LogP contribution in [0.3, 0.4) is 0 Å². The van der Waals surface area contributed by atoms with Gasteiger partial charge in [0.05, 0.1) is 27.8 Å².